The molecule has 0 aliphatic carbocycles. The molecule has 1 N–H and O–H groups in total. The van der Waals surface area contributed by atoms with Gasteiger partial charge in [0, 0.05) is 5.38 Å². The molecule has 2 aromatic carbocycles. The molecule has 0 radical (unpaired) electrons. The van der Waals surface area contributed by atoms with Crippen LogP contribution in [-0.2, 0) is 0 Å². The summed E-state index contributed by atoms with van der Waals surface area (Å²) in [6, 6.07) is 12.3. The number of thiazole rings is 1. The summed E-state index contributed by atoms with van der Waals surface area (Å²) < 4.78 is 11.5. The van der Waals surface area contributed by atoms with Crippen molar-refractivity contribution in [2.24, 2.45) is 5.10 Å². The highest BCUT2D eigenvalue weighted by Gasteiger charge is 2.16. The van der Waals surface area contributed by atoms with Crippen LogP contribution in [0.5, 0.6) is 11.5 Å². The lowest BCUT2D eigenvalue weighted by atomic mass is 10.2. The molecule has 0 bridgehead atoms. The molecule has 3 aromatic rings. The number of hydrazone groups is 1. The van der Waals surface area contributed by atoms with Gasteiger partial charge in [0.15, 0.2) is 11.5 Å². The van der Waals surface area contributed by atoms with Gasteiger partial charge in [0.2, 0.25) is 5.13 Å². The average molecular weight is 446 g/mol. The summed E-state index contributed by atoms with van der Waals surface area (Å²) in [6.45, 7) is 1.92. The lowest BCUT2D eigenvalue weighted by molar-refractivity contribution is 0.0728. The van der Waals surface area contributed by atoms with Crippen LogP contribution in [0.4, 0.5) is 5.13 Å². The van der Waals surface area contributed by atoms with Gasteiger partial charge in [-0.05, 0) is 52.7 Å². The normalized spacial score (nSPS) is 10.8. The van der Waals surface area contributed by atoms with E-state index >= 15 is 0 Å². The lowest BCUT2D eigenvalue weighted by Crippen LogP contribution is -2.09. The van der Waals surface area contributed by atoms with Gasteiger partial charge in [-0.3, -0.25) is 5.43 Å². The molecule has 0 aliphatic rings. The molecule has 0 atom stereocenters. The van der Waals surface area contributed by atoms with Gasteiger partial charge in [-0.15, -0.1) is 11.3 Å². The van der Waals surface area contributed by atoms with Crippen LogP contribution in [0, 0.1) is 6.92 Å². The zero-order valence-electron chi connectivity index (χ0n) is 14.6. The number of hydrogen-bond acceptors (Lipinski definition) is 7. The number of nitrogens with zero attached hydrogens (tertiary/aromatic N) is 2. The fraction of sp³-hybridized carbons (Fsp3) is 0.105. The van der Waals surface area contributed by atoms with Gasteiger partial charge in [-0.25, -0.2) is 9.78 Å². The first-order valence-corrected chi connectivity index (χ1v) is 9.60. The molecule has 27 heavy (non-hydrogen) atoms. The number of benzene rings is 2. The Balaban J connectivity index is 1.77. The first-order chi connectivity index (χ1) is 13.1. The SMILES string of the molecule is COc1cc(C=NNc2nc(C)cs2)cc(Br)c1OC(=O)c1ccccc1. The van der Waals surface area contributed by atoms with Crippen molar-refractivity contribution >= 4 is 44.6 Å². The molecule has 0 aliphatic heterocycles. The summed E-state index contributed by atoms with van der Waals surface area (Å²) in [4.78, 5) is 16.6. The van der Waals surface area contributed by atoms with E-state index in [0.29, 0.717) is 26.7 Å². The number of carbonyl (C=O) groups excluding carboxylic acids is 1. The van der Waals surface area contributed by atoms with Crippen LogP contribution in [0.15, 0.2) is 57.4 Å². The maximum absolute atomic E-state index is 12.3. The second kappa shape index (κ2) is 8.79. The Morgan fingerprint density at radius 1 is 1.30 bits per heavy atom. The third kappa shape index (κ3) is 4.93. The van der Waals surface area contributed by atoms with Crippen LogP contribution in [0.3, 0.4) is 0 Å². The molecular weight excluding hydrogens is 430 g/mol. The maximum atomic E-state index is 12.3. The molecule has 0 saturated heterocycles. The largest absolute Gasteiger partial charge is 0.493 e. The number of ether oxygens (including phenoxy) is 2. The fourth-order valence-electron chi connectivity index (χ4n) is 2.21. The standard InChI is InChI=1S/C19H16BrN3O3S/c1-12-11-27-19(22-12)23-21-10-13-8-15(20)17(16(9-13)25-2)26-18(24)14-6-4-3-5-7-14/h3-11H,1-2H3,(H,22,23). The molecule has 0 spiro atoms. The third-order valence-corrected chi connectivity index (χ3v) is 4.90. The average Bonchev–Trinajstić information content (AvgIpc) is 3.09. The molecule has 0 unspecified atom stereocenters. The van der Waals surface area contributed by atoms with Crippen molar-refractivity contribution in [3.05, 3.63) is 69.1 Å². The van der Waals surface area contributed by atoms with E-state index in [0.717, 1.165) is 11.3 Å². The topological polar surface area (TPSA) is 72.8 Å². The number of aromatic nitrogens is 1. The molecule has 1 aromatic heterocycles. The minimum absolute atomic E-state index is 0.312. The van der Waals surface area contributed by atoms with E-state index in [4.69, 9.17) is 9.47 Å². The molecule has 1 heterocycles. The van der Waals surface area contributed by atoms with Crippen LogP contribution in [0.2, 0.25) is 0 Å². The van der Waals surface area contributed by atoms with Crippen molar-refractivity contribution < 1.29 is 14.3 Å². The Morgan fingerprint density at radius 3 is 2.74 bits per heavy atom. The van der Waals surface area contributed by atoms with Gasteiger partial charge < -0.3 is 9.47 Å². The summed E-state index contributed by atoms with van der Waals surface area (Å²) in [5.74, 6) is 0.268. The molecule has 0 saturated carbocycles. The molecule has 0 fully saturated rings. The van der Waals surface area contributed by atoms with Gasteiger partial charge in [-0.2, -0.15) is 5.10 Å². The molecule has 0 amide bonds. The van der Waals surface area contributed by atoms with E-state index in [1.807, 2.05) is 18.4 Å². The van der Waals surface area contributed by atoms with Crippen molar-refractivity contribution in [2.75, 3.05) is 12.5 Å². The summed E-state index contributed by atoms with van der Waals surface area (Å²) in [5.41, 5.74) is 5.03. The van der Waals surface area contributed by atoms with Crippen molar-refractivity contribution in [3.8, 4) is 11.5 Å². The summed E-state index contributed by atoms with van der Waals surface area (Å²) in [6.07, 6.45) is 1.63. The van der Waals surface area contributed by atoms with Gasteiger partial charge in [-0.1, -0.05) is 18.2 Å². The maximum Gasteiger partial charge on any atom is 0.343 e. The fourth-order valence-corrected chi connectivity index (χ4v) is 3.38. The zero-order chi connectivity index (χ0) is 19.2. The number of halogens is 1. The highest BCUT2D eigenvalue weighted by Crippen LogP contribution is 2.36. The number of rotatable bonds is 6. The monoisotopic (exact) mass is 445 g/mol. The van der Waals surface area contributed by atoms with Crippen molar-refractivity contribution in [3.63, 3.8) is 0 Å². The lowest BCUT2D eigenvalue weighted by Gasteiger charge is -2.12. The molecule has 8 heteroatoms. The van der Waals surface area contributed by atoms with Crippen molar-refractivity contribution in [1.29, 1.82) is 0 Å². The summed E-state index contributed by atoms with van der Waals surface area (Å²) in [5, 5.41) is 6.82. The van der Waals surface area contributed by atoms with E-state index in [1.165, 1.54) is 18.4 Å². The highest BCUT2D eigenvalue weighted by molar-refractivity contribution is 9.10. The first-order valence-electron chi connectivity index (χ1n) is 7.93. The Labute approximate surface area is 169 Å². The minimum Gasteiger partial charge on any atom is -0.493 e. The zero-order valence-corrected chi connectivity index (χ0v) is 17.0. The number of nitrogens with one attached hydrogen (secondary N) is 1. The predicted molar refractivity (Wildman–Crippen MR) is 110 cm³/mol. The highest BCUT2D eigenvalue weighted by atomic mass is 79.9. The van der Waals surface area contributed by atoms with Gasteiger partial charge in [0.05, 0.1) is 29.1 Å². The number of methoxy groups -OCH3 is 1. The molecular formula is C19H16BrN3O3S. The van der Waals surface area contributed by atoms with Gasteiger partial charge in [0.1, 0.15) is 0 Å². The number of aryl methyl sites for hydroxylation is 1. The quantitative estimate of drug-likeness (QED) is 0.253. The van der Waals surface area contributed by atoms with Crippen LogP contribution < -0.4 is 14.9 Å². The second-order valence-corrected chi connectivity index (χ2v) is 7.17. The molecule has 138 valence electrons. The Morgan fingerprint density at radius 2 is 2.07 bits per heavy atom. The molecule has 3 rings (SSSR count). The minimum atomic E-state index is -0.461. The Kier molecular flexibility index (Phi) is 6.20. The van der Waals surface area contributed by atoms with Crippen LogP contribution in [0.1, 0.15) is 21.6 Å². The Bertz CT molecular complexity index is 974. The van der Waals surface area contributed by atoms with Crippen molar-refractivity contribution in [2.45, 2.75) is 6.92 Å². The summed E-state index contributed by atoms with van der Waals surface area (Å²) in [7, 11) is 1.51. The van der Waals surface area contributed by atoms with Crippen LogP contribution in [0.25, 0.3) is 0 Å². The predicted octanol–water partition coefficient (Wildman–Crippen LogP) is 4.89. The number of anilines is 1. The second-order valence-electron chi connectivity index (χ2n) is 5.45. The van der Waals surface area contributed by atoms with E-state index in [2.05, 4.69) is 31.4 Å². The number of carbonyl (C=O) groups is 1. The first kappa shape index (κ1) is 19.1. The van der Waals surface area contributed by atoms with Crippen LogP contribution in [-0.4, -0.2) is 24.3 Å². The van der Waals surface area contributed by atoms with Gasteiger partial charge >= 0.3 is 5.97 Å². The van der Waals surface area contributed by atoms with Crippen LogP contribution >= 0.6 is 27.3 Å². The summed E-state index contributed by atoms with van der Waals surface area (Å²) >= 11 is 4.91. The number of esters is 1. The third-order valence-electron chi connectivity index (χ3n) is 3.45. The van der Waals surface area contributed by atoms with Gasteiger partial charge in [0.25, 0.3) is 0 Å². The Hall–Kier alpha value is -2.71. The van der Waals surface area contributed by atoms with E-state index in [9.17, 15) is 4.79 Å². The number of hydrogen-bond donors (Lipinski definition) is 1. The molecule has 6 nitrogen and oxygen atoms in total. The van der Waals surface area contributed by atoms with E-state index in [-0.39, 0.29) is 0 Å². The van der Waals surface area contributed by atoms with E-state index in [1.54, 1.807) is 42.6 Å². The van der Waals surface area contributed by atoms with E-state index < -0.39 is 5.97 Å². The van der Waals surface area contributed by atoms with Crippen molar-refractivity contribution in [1.82, 2.24) is 4.98 Å². The smallest absolute Gasteiger partial charge is 0.343 e.